The molecule has 40 heavy (non-hydrogen) atoms. The van der Waals surface area contributed by atoms with Gasteiger partial charge in [0.2, 0.25) is 11.8 Å². The van der Waals surface area contributed by atoms with Gasteiger partial charge in [0.05, 0.1) is 0 Å². The quantitative estimate of drug-likeness (QED) is 0.313. The van der Waals surface area contributed by atoms with Crippen molar-refractivity contribution in [1.29, 1.82) is 0 Å². The number of ether oxygens (including phenoxy) is 1. The van der Waals surface area contributed by atoms with Crippen molar-refractivity contribution in [3.8, 4) is 5.75 Å². The number of nitrogens with one attached hydrogen (secondary N) is 1. The third-order valence-corrected chi connectivity index (χ3v) is 7.48. The molecule has 2 amide bonds. The fourth-order valence-electron chi connectivity index (χ4n) is 4.86. The molecular formula is C32H35ClN2O5. The number of benzene rings is 3. The van der Waals surface area contributed by atoms with E-state index in [1.807, 2.05) is 83.8 Å². The molecule has 1 fully saturated rings. The minimum atomic E-state index is -1.07. The number of carboxylic acid groups (broad SMARTS) is 1. The van der Waals surface area contributed by atoms with Crippen molar-refractivity contribution in [1.82, 2.24) is 10.2 Å². The number of aryl methyl sites for hydroxylation is 1. The Morgan fingerprint density at radius 2 is 1.55 bits per heavy atom. The first-order chi connectivity index (χ1) is 19.4. The van der Waals surface area contributed by atoms with Gasteiger partial charge in [-0.25, -0.2) is 4.79 Å². The summed E-state index contributed by atoms with van der Waals surface area (Å²) in [6.45, 7) is 1.67. The van der Waals surface area contributed by atoms with Crippen molar-refractivity contribution in [2.24, 2.45) is 5.92 Å². The van der Waals surface area contributed by atoms with Crippen molar-refractivity contribution in [3.63, 3.8) is 0 Å². The number of rotatable bonds is 12. The number of aliphatic carboxylic acids is 1. The smallest absolute Gasteiger partial charge is 0.326 e. The van der Waals surface area contributed by atoms with Gasteiger partial charge >= 0.3 is 5.97 Å². The Morgan fingerprint density at radius 1 is 0.900 bits per heavy atom. The van der Waals surface area contributed by atoms with Crippen LogP contribution in [0.1, 0.15) is 42.4 Å². The van der Waals surface area contributed by atoms with E-state index < -0.39 is 12.0 Å². The van der Waals surface area contributed by atoms with Crippen LogP contribution in [0.15, 0.2) is 78.9 Å². The molecule has 0 aromatic heterocycles. The summed E-state index contributed by atoms with van der Waals surface area (Å²) in [5.74, 6) is -0.420. The molecule has 0 spiro atoms. The summed E-state index contributed by atoms with van der Waals surface area (Å²) < 4.78 is 5.79. The predicted octanol–water partition coefficient (Wildman–Crippen LogP) is 5.29. The van der Waals surface area contributed by atoms with Crippen molar-refractivity contribution in [2.45, 2.75) is 51.2 Å². The zero-order chi connectivity index (χ0) is 28.3. The van der Waals surface area contributed by atoms with Gasteiger partial charge in [-0.1, -0.05) is 66.2 Å². The summed E-state index contributed by atoms with van der Waals surface area (Å²) in [5, 5.41) is 13.1. The van der Waals surface area contributed by atoms with Gasteiger partial charge in [-0.15, -0.1) is 0 Å². The number of carboxylic acids is 1. The Balaban J connectivity index is 1.18. The molecule has 0 radical (unpaired) electrons. The van der Waals surface area contributed by atoms with Crippen molar-refractivity contribution >= 4 is 29.4 Å². The SMILES string of the molecule is O=C(CC1CCN(C(=O)CCc2ccc(Cl)cc2)CC1)NC(Cc1ccc(OCc2ccccc2)cc1)C(=O)O. The monoisotopic (exact) mass is 562 g/mol. The van der Waals surface area contributed by atoms with Gasteiger partial charge in [-0.3, -0.25) is 9.59 Å². The van der Waals surface area contributed by atoms with E-state index in [-0.39, 0.29) is 30.6 Å². The molecule has 2 N–H and O–H groups in total. The van der Waals surface area contributed by atoms with Crippen LogP contribution in [0.5, 0.6) is 5.75 Å². The maximum atomic E-state index is 12.7. The van der Waals surface area contributed by atoms with Crippen LogP contribution in [0.2, 0.25) is 5.02 Å². The number of hydrogen-bond acceptors (Lipinski definition) is 4. The Morgan fingerprint density at radius 3 is 2.20 bits per heavy atom. The highest BCUT2D eigenvalue weighted by Crippen LogP contribution is 2.22. The average molecular weight is 563 g/mol. The van der Waals surface area contributed by atoms with Gasteiger partial charge in [0.25, 0.3) is 0 Å². The van der Waals surface area contributed by atoms with Crippen LogP contribution in [-0.2, 0) is 33.8 Å². The number of hydrogen-bond donors (Lipinski definition) is 2. The van der Waals surface area contributed by atoms with Crippen molar-refractivity contribution in [2.75, 3.05) is 13.1 Å². The van der Waals surface area contributed by atoms with Gasteiger partial charge in [-0.05, 0) is 66.1 Å². The molecular weight excluding hydrogens is 528 g/mol. The van der Waals surface area contributed by atoms with Crippen molar-refractivity contribution in [3.05, 3.63) is 101 Å². The minimum absolute atomic E-state index is 0.111. The maximum absolute atomic E-state index is 12.7. The molecule has 4 rings (SSSR count). The standard InChI is InChI=1S/C32H35ClN2O5/c33-27-11-6-23(7-12-27)10-15-31(37)35-18-16-25(17-19-35)21-30(36)34-29(32(38)39)20-24-8-13-28(14-9-24)40-22-26-4-2-1-3-5-26/h1-9,11-14,25,29H,10,15-22H2,(H,34,36)(H,38,39). The zero-order valence-electron chi connectivity index (χ0n) is 22.4. The molecule has 3 aromatic rings. The first-order valence-electron chi connectivity index (χ1n) is 13.7. The molecule has 210 valence electrons. The number of carbonyl (C=O) groups is 3. The summed E-state index contributed by atoms with van der Waals surface area (Å²) in [7, 11) is 0. The van der Waals surface area contributed by atoms with E-state index in [0.29, 0.717) is 43.3 Å². The fourth-order valence-corrected chi connectivity index (χ4v) is 4.99. The second-order valence-electron chi connectivity index (χ2n) is 10.2. The van der Waals surface area contributed by atoms with Crippen LogP contribution in [0, 0.1) is 5.92 Å². The molecule has 3 aromatic carbocycles. The molecule has 1 aliphatic heterocycles. The lowest BCUT2D eigenvalue weighted by Crippen LogP contribution is -2.44. The number of carbonyl (C=O) groups excluding carboxylic acids is 2. The maximum Gasteiger partial charge on any atom is 0.326 e. The van der Waals surface area contributed by atoms with E-state index in [2.05, 4.69) is 5.32 Å². The summed E-state index contributed by atoms with van der Waals surface area (Å²) in [6, 6.07) is 23.6. The first-order valence-corrected chi connectivity index (χ1v) is 14.0. The van der Waals surface area contributed by atoms with Crippen LogP contribution in [0.3, 0.4) is 0 Å². The lowest BCUT2D eigenvalue weighted by Gasteiger charge is -2.32. The summed E-state index contributed by atoms with van der Waals surface area (Å²) in [4.78, 5) is 39.1. The van der Waals surface area contributed by atoms with Crippen LogP contribution in [0.25, 0.3) is 0 Å². The fraction of sp³-hybridized carbons (Fsp3) is 0.344. The molecule has 1 saturated heterocycles. The second kappa shape index (κ2) is 14.5. The van der Waals surface area contributed by atoms with E-state index in [1.54, 1.807) is 0 Å². The van der Waals surface area contributed by atoms with Gasteiger partial charge in [0.15, 0.2) is 0 Å². The minimum Gasteiger partial charge on any atom is -0.489 e. The van der Waals surface area contributed by atoms with Gasteiger partial charge in [-0.2, -0.15) is 0 Å². The number of amides is 2. The molecule has 1 atom stereocenters. The molecule has 1 unspecified atom stereocenters. The summed E-state index contributed by atoms with van der Waals surface area (Å²) >= 11 is 5.92. The summed E-state index contributed by atoms with van der Waals surface area (Å²) in [5.41, 5.74) is 2.93. The van der Waals surface area contributed by atoms with Crippen molar-refractivity contribution < 1.29 is 24.2 Å². The normalized spacial score (nSPS) is 14.4. The van der Waals surface area contributed by atoms with Crippen LogP contribution < -0.4 is 10.1 Å². The van der Waals surface area contributed by atoms with Crippen LogP contribution in [-0.4, -0.2) is 46.9 Å². The Hall–Kier alpha value is -3.84. The number of halogens is 1. The largest absolute Gasteiger partial charge is 0.489 e. The molecule has 1 heterocycles. The number of nitrogens with zero attached hydrogens (tertiary/aromatic N) is 1. The lowest BCUT2D eigenvalue weighted by atomic mass is 9.92. The zero-order valence-corrected chi connectivity index (χ0v) is 23.2. The predicted molar refractivity (Wildman–Crippen MR) is 154 cm³/mol. The highest BCUT2D eigenvalue weighted by atomic mass is 35.5. The molecule has 1 aliphatic rings. The third-order valence-electron chi connectivity index (χ3n) is 7.23. The first kappa shape index (κ1) is 29.2. The summed E-state index contributed by atoms with van der Waals surface area (Å²) in [6.07, 6.45) is 2.99. The van der Waals surface area contributed by atoms with Gasteiger partial charge < -0.3 is 20.1 Å². The molecule has 7 nitrogen and oxygen atoms in total. The second-order valence-corrected chi connectivity index (χ2v) is 10.7. The highest BCUT2D eigenvalue weighted by Gasteiger charge is 2.26. The molecule has 0 aliphatic carbocycles. The Kier molecular flexibility index (Phi) is 10.6. The van der Waals surface area contributed by atoms with E-state index >= 15 is 0 Å². The lowest BCUT2D eigenvalue weighted by molar-refractivity contribution is -0.142. The number of piperidine rings is 1. The van der Waals surface area contributed by atoms with Gasteiger partial charge in [0.1, 0.15) is 18.4 Å². The van der Waals surface area contributed by atoms with E-state index in [1.165, 1.54) is 0 Å². The molecule has 8 heteroatoms. The third kappa shape index (κ3) is 9.12. The van der Waals surface area contributed by atoms with Gasteiger partial charge in [0, 0.05) is 37.4 Å². The van der Waals surface area contributed by atoms with Crippen LogP contribution in [0.4, 0.5) is 0 Å². The molecule has 0 saturated carbocycles. The molecule has 0 bridgehead atoms. The van der Waals surface area contributed by atoms with E-state index in [4.69, 9.17) is 16.3 Å². The van der Waals surface area contributed by atoms with E-state index in [0.717, 1.165) is 29.5 Å². The van der Waals surface area contributed by atoms with E-state index in [9.17, 15) is 19.5 Å². The Bertz CT molecular complexity index is 1260. The highest BCUT2D eigenvalue weighted by molar-refractivity contribution is 6.30. The average Bonchev–Trinajstić information content (AvgIpc) is 2.97. The topological polar surface area (TPSA) is 95.9 Å². The Labute approximate surface area is 240 Å². The van der Waals surface area contributed by atoms with Crippen LogP contribution >= 0.6 is 11.6 Å². The number of likely N-dealkylation sites (tertiary alicyclic amines) is 1.